The predicted octanol–water partition coefficient (Wildman–Crippen LogP) is 4.42. The van der Waals surface area contributed by atoms with E-state index >= 15 is 0 Å². The first kappa shape index (κ1) is 17.7. The number of rotatable bonds is 9. The molecule has 1 N–H and O–H groups in total. The molecule has 2 heterocycles. The van der Waals surface area contributed by atoms with Crippen LogP contribution < -0.4 is 14.8 Å². The van der Waals surface area contributed by atoms with Crippen LogP contribution >= 0.6 is 11.3 Å². The Hall–Kier alpha value is -2.15. The molecule has 0 radical (unpaired) electrons. The van der Waals surface area contributed by atoms with E-state index in [-0.39, 0.29) is 12.7 Å². The van der Waals surface area contributed by atoms with Gasteiger partial charge in [0.25, 0.3) is 5.91 Å². The third-order valence-electron chi connectivity index (χ3n) is 4.07. The van der Waals surface area contributed by atoms with E-state index in [9.17, 15) is 4.79 Å². The molecule has 1 aliphatic heterocycles. The summed E-state index contributed by atoms with van der Waals surface area (Å²) in [6.07, 6.45) is 8.43. The molecule has 0 bridgehead atoms. The predicted molar refractivity (Wildman–Crippen MR) is 97.5 cm³/mol. The van der Waals surface area contributed by atoms with Crippen molar-refractivity contribution >= 4 is 22.4 Å². The third-order valence-corrected chi connectivity index (χ3v) is 4.96. The fraction of sp³-hybridized carbons (Fsp3) is 0.500. The van der Waals surface area contributed by atoms with E-state index < -0.39 is 0 Å². The molecule has 0 saturated carbocycles. The molecule has 7 heteroatoms. The lowest BCUT2D eigenvalue weighted by Gasteiger charge is -2.02. The van der Waals surface area contributed by atoms with Gasteiger partial charge in [0.1, 0.15) is 5.01 Å². The Bertz CT molecular complexity index is 717. The van der Waals surface area contributed by atoms with Gasteiger partial charge < -0.3 is 9.47 Å². The Kier molecular flexibility index (Phi) is 6.22. The molecule has 1 aromatic carbocycles. The number of carbonyl (C=O) groups is 1. The summed E-state index contributed by atoms with van der Waals surface area (Å²) in [6.45, 7) is 2.42. The van der Waals surface area contributed by atoms with Gasteiger partial charge in [0, 0.05) is 12.0 Å². The maximum absolute atomic E-state index is 12.3. The van der Waals surface area contributed by atoms with Crippen LogP contribution in [-0.4, -0.2) is 22.9 Å². The van der Waals surface area contributed by atoms with Gasteiger partial charge in [-0.1, -0.05) is 50.4 Å². The fourth-order valence-electron chi connectivity index (χ4n) is 2.67. The number of hydrogen-bond acceptors (Lipinski definition) is 6. The van der Waals surface area contributed by atoms with Crippen molar-refractivity contribution in [2.75, 3.05) is 12.1 Å². The van der Waals surface area contributed by atoms with Gasteiger partial charge in [0.2, 0.25) is 11.9 Å². The van der Waals surface area contributed by atoms with E-state index in [1.54, 1.807) is 18.2 Å². The molecule has 2 aromatic rings. The number of fused-ring (bicyclic) bond motifs is 1. The van der Waals surface area contributed by atoms with Gasteiger partial charge in [0.15, 0.2) is 11.5 Å². The molecule has 1 amide bonds. The monoisotopic (exact) mass is 361 g/mol. The van der Waals surface area contributed by atoms with Crippen LogP contribution in [0.2, 0.25) is 0 Å². The summed E-state index contributed by atoms with van der Waals surface area (Å²) in [5.41, 5.74) is 0.511. The highest BCUT2D eigenvalue weighted by molar-refractivity contribution is 7.15. The Labute approximate surface area is 151 Å². The largest absolute Gasteiger partial charge is 0.454 e. The van der Waals surface area contributed by atoms with Crippen molar-refractivity contribution < 1.29 is 14.3 Å². The summed E-state index contributed by atoms with van der Waals surface area (Å²) in [6, 6.07) is 5.12. The first-order chi connectivity index (χ1) is 12.3. The number of unbranched alkanes of at least 4 members (excludes halogenated alkanes) is 5. The lowest BCUT2D eigenvalue weighted by Crippen LogP contribution is -2.11. The summed E-state index contributed by atoms with van der Waals surface area (Å²) in [5, 5.41) is 12.5. The molecule has 0 aliphatic carbocycles. The van der Waals surface area contributed by atoms with Gasteiger partial charge in [-0.3, -0.25) is 10.1 Å². The van der Waals surface area contributed by atoms with Crippen LogP contribution in [-0.2, 0) is 6.42 Å². The minimum absolute atomic E-state index is 0.193. The molecule has 134 valence electrons. The lowest BCUT2D eigenvalue weighted by atomic mass is 10.1. The second kappa shape index (κ2) is 8.80. The summed E-state index contributed by atoms with van der Waals surface area (Å²) in [5.74, 6) is 1.03. The summed E-state index contributed by atoms with van der Waals surface area (Å²) in [4.78, 5) is 12.3. The highest BCUT2D eigenvalue weighted by atomic mass is 32.1. The van der Waals surface area contributed by atoms with Crippen LogP contribution in [0.25, 0.3) is 0 Å². The lowest BCUT2D eigenvalue weighted by molar-refractivity contribution is 0.102. The number of carbonyl (C=O) groups excluding carboxylic acids is 1. The normalized spacial score (nSPS) is 12.4. The molecular weight excluding hydrogens is 338 g/mol. The molecule has 0 atom stereocenters. The Balaban J connectivity index is 1.47. The fourth-order valence-corrected chi connectivity index (χ4v) is 3.45. The molecule has 0 saturated heterocycles. The van der Waals surface area contributed by atoms with E-state index in [0.29, 0.717) is 22.2 Å². The summed E-state index contributed by atoms with van der Waals surface area (Å²) >= 11 is 1.44. The van der Waals surface area contributed by atoms with Crippen LogP contribution in [0, 0.1) is 0 Å². The van der Waals surface area contributed by atoms with Crippen molar-refractivity contribution in [1.29, 1.82) is 0 Å². The summed E-state index contributed by atoms with van der Waals surface area (Å²) < 4.78 is 10.5. The molecular formula is C18H23N3O3S. The maximum Gasteiger partial charge on any atom is 0.257 e. The van der Waals surface area contributed by atoms with Crippen LogP contribution in [0.3, 0.4) is 0 Å². The Morgan fingerprint density at radius 1 is 1.12 bits per heavy atom. The van der Waals surface area contributed by atoms with E-state index in [0.717, 1.165) is 17.8 Å². The first-order valence-corrected chi connectivity index (χ1v) is 9.61. The standard InChI is InChI=1S/C18H23N3O3S/c1-2-3-4-5-6-7-8-16-20-21-18(25-16)19-17(22)13-9-10-14-15(11-13)24-12-23-14/h9-11H,2-8,12H2,1H3,(H,19,21,22). The van der Waals surface area contributed by atoms with Gasteiger partial charge in [-0.05, 0) is 24.6 Å². The highest BCUT2D eigenvalue weighted by Gasteiger charge is 2.17. The quantitative estimate of drug-likeness (QED) is 0.669. The number of nitrogens with zero attached hydrogens (tertiary/aromatic N) is 2. The minimum Gasteiger partial charge on any atom is -0.454 e. The van der Waals surface area contributed by atoms with Gasteiger partial charge in [0.05, 0.1) is 0 Å². The van der Waals surface area contributed by atoms with E-state index in [4.69, 9.17) is 9.47 Å². The average molecular weight is 361 g/mol. The summed E-state index contributed by atoms with van der Waals surface area (Å²) in [7, 11) is 0. The van der Waals surface area contributed by atoms with Crippen molar-refractivity contribution in [2.24, 2.45) is 0 Å². The number of nitrogens with one attached hydrogen (secondary N) is 1. The number of hydrogen-bond donors (Lipinski definition) is 1. The second-order valence-corrected chi connectivity index (χ2v) is 7.10. The molecule has 3 rings (SSSR count). The number of amides is 1. The van der Waals surface area contributed by atoms with Crippen LogP contribution in [0.4, 0.5) is 5.13 Å². The number of aromatic nitrogens is 2. The number of ether oxygens (including phenoxy) is 2. The van der Waals surface area contributed by atoms with Crippen molar-refractivity contribution in [2.45, 2.75) is 51.9 Å². The SMILES string of the molecule is CCCCCCCCc1nnc(NC(=O)c2ccc3c(c2)OCO3)s1. The van der Waals surface area contributed by atoms with Crippen LogP contribution in [0.1, 0.15) is 60.8 Å². The zero-order chi connectivity index (χ0) is 17.5. The van der Waals surface area contributed by atoms with E-state index in [1.807, 2.05) is 0 Å². The minimum atomic E-state index is -0.222. The third kappa shape index (κ3) is 4.92. The van der Waals surface area contributed by atoms with Crippen molar-refractivity contribution in [1.82, 2.24) is 10.2 Å². The molecule has 1 aliphatic rings. The van der Waals surface area contributed by atoms with Crippen molar-refractivity contribution in [3.05, 3.63) is 28.8 Å². The molecule has 0 spiro atoms. The number of anilines is 1. The number of benzene rings is 1. The Morgan fingerprint density at radius 3 is 2.80 bits per heavy atom. The molecule has 0 fully saturated rings. The van der Waals surface area contributed by atoms with E-state index in [1.165, 1.54) is 43.4 Å². The van der Waals surface area contributed by atoms with E-state index in [2.05, 4.69) is 22.4 Å². The number of aryl methyl sites for hydroxylation is 1. The van der Waals surface area contributed by atoms with Gasteiger partial charge >= 0.3 is 0 Å². The maximum atomic E-state index is 12.3. The average Bonchev–Trinajstić information content (AvgIpc) is 3.26. The molecule has 6 nitrogen and oxygen atoms in total. The van der Waals surface area contributed by atoms with Crippen LogP contribution in [0.5, 0.6) is 11.5 Å². The molecule has 1 aromatic heterocycles. The van der Waals surface area contributed by atoms with Gasteiger partial charge in [-0.25, -0.2) is 0 Å². The van der Waals surface area contributed by atoms with Crippen LogP contribution in [0.15, 0.2) is 18.2 Å². The second-order valence-electron chi connectivity index (χ2n) is 6.04. The Morgan fingerprint density at radius 2 is 1.92 bits per heavy atom. The highest BCUT2D eigenvalue weighted by Crippen LogP contribution is 2.32. The van der Waals surface area contributed by atoms with Gasteiger partial charge in [-0.15, -0.1) is 10.2 Å². The molecule has 0 unspecified atom stereocenters. The first-order valence-electron chi connectivity index (χ1n) is 8.79. The van der Waals surface area contributed by atoms with Crippen molar-refractivity contribution in [3.63, 3.8) is 0 Å². The van der Waals surface area contributed by atoms with Crippen molar-refractivity contribution in [3.8, 4) is 11.5 Å². The molecule has 25 heavy (non-hydrogen) atoms. The zero-order valence-electron chi connectivity index (χ0n) is 14.4. The zero-order valence-corrected chi connectivity index (χ0v) is 15.2. The smallest absolute Gasteiger partial charge is 0.257 e. The topological polar surface area (TPSA) is 73.3 Å². The van der Waals surface area contributed by atoms with Gasteiger partial charge in [-0.2, -0.15) is 0 Å².